The molecule has 342 valence electrons. The Bertz CT molecular complexity index is 2750. The number of ketones is 2. The van der Waals surface area contributed by atoms with Gasteiger partial charge in [0.05, 0.1) is 36.0 Å². The first-order valence-corrected chi connectivity index (χ1v) is 21.8. The van der Waals surface area contributed by atoms with Crippen LogP contribution in [0.25, 0.3) is 0 Å². The van der Waals surface area contributed by atoms with Gasteiger partial charge < -0.3 is 30.7 Å². The number of benzene rings is 5. The average Bonchev–Trinajstić information content (AvgIpc) is 3.30. The van der Waals surface area contributed by atoms with E-state index in [-0.39, 0.29) is 61.6 Å². The Kier molecular flexibility index (Phi) is 18.1. The third kappa shape index (κ3) is 12.7. The highest BCUT2D eigenvalue weighted by molar-refractivity contribution is 6.33. The Balaban J connectivity index is 1.27. The summed E-state index contributed by atoms with van der Waals surface area (Å²) in [7, 11) is 2.97. The number of nitrogens with one attached hydrogen (secondary N) is 4. The fourth-order valence-corrected chi connectivity index (χ4v) is 7.15. The van der Waals surface area contributed by atoms with Crippen LogP contribution in [0.2, 0.25) is 10.0 Å². The Morgan fingerprint density at radius 1 is 0.545 bits per heavy atom. The largest absolute Gasteiger partial charge is 0.496 e. The number of azo groups is 2. The molecule has 0 aliphatic heterocycles. The van der Waals surface area contributed by atoms with E-state index in [1.165, 1.54) is 68.8 Å². The van der Waals surface area contributed by atoms with Gasteiger partial charge >= 0.3 is 0 Å². The zero-order valence-corrected chi connectivity index (χ0v) is 39.2. The highest BCUT2D eigenvalue weighted by Gasteiger charge is 2.26. The molecule has 21 heteroatoms. The van der Waals surface area contributed by atoms with E-state index in [0.29, 0.717) is 39.6 Å². The molecule has 0 heterocycles. The molecule has 66 heavy (non-hydrogen) atoms. The molecule has 0 aliphatic rings. The molecule has 4 N–H and O–H groups in total. The van der Waals surface area contributed by atoms with E-state index in [4.69, 9.17) is 67.5 Å². The quantitative estimate of drug-likeness (QED) is 0.0353. The van der Waals surface area contributed by atoms with Crippen molar-refractivity contribution in [1.82, 2.24) is 0 Å². The number of Topliss-reactive ketones (excluding diaryl/α,β-unsaturated/α-hetero) is 2. The molecule has 4 amide bonds. The van der Waals surface area contributed by atoms with Crippen molar-refractivity contribution in [2.24, 2.45) is 20.5 Å². The van der Waals surface area contributed by atoms with E-state index < -0.39 is 47.3 Å². The van der Waals surface area contributed by atoms with Crippen molar-refractivity contribution in [3.8, 4) is 11.5 Å². The van der Waals surface area contributed by atoms with Crippen LogP contribution in [0, 0.1) is 0 Å². The van der Waals surface area contributed by atoms with Gasteiger partial charge in [-0.2, -0.15) is 20.5 Å². The molecule has 0 radical (unpaired) electrons. The van der Waals surface area contributed by atoms with Crippen molar-refractivity contribution >= 4 is 127 Å². The monoisotopic (exact) mass is 994 g/mol. The number of methoxy groups -OCH3 is 2. The molecule has 0 bridgehead atoms. The number of halogens is 5. The molecule has 5 aromatic carbocycles. The molecule has 5 aromatic rings. The standard InChI is InChI=1S/C45H39Cl5N8O8/c1-23(59)40(57-55-36-18-25(11-14-31(36)49)42(61)53-34-7-5-9-38(65-3)29(34)21-47)44(63)51-28-13-16-33(27(17-28)20-46)52-45(64)41(24(2)60)58-56-37-19-26(12-15-32(37)50)43(62)54-35-8-6-10-39(66-4)30(35)22-48/h5-19,40-41H,20-22H2,1-4H3,(H,51,63)(H,52,64)(H,53,61)(H,54,62). The van der Waals surface area contributed by atoms with Gasteiger partial charge in [-0.3, -0.25) is 28.8 Å². The van der Waals surface area contributed by atoms with Crippen LogP contribution < -0.4 is 30.7 Å². The number of anilines is 4. The first-order chi connectivity index (χ1) is 31.6. The van der Waals surface area contributed by atoms with Crippen molar-refractivity contribution in [2.45, 2.75) is 43.6 Å². The lowest BCUT2D eigenvalue weighted by Crippen LogP contribution is -2.32. The molecule has 2 atom stereocenters. The number of carbonyl (C=O) groups excluding carboxylic acids is 6. The zero-order chi connectivity index (χ0) is 48.1. The van der Waals surface area contributed by atoms with Gasteiger partial charge in [0.1, 0.15) is 22.9 Å². The maximum absolute atomic E-state index is 13.4. The lowest BCUT2D eigenvalue weighted by atomic mass is 10.1. The molecule has 16 nitrogen and oxygen atoms in total. The minimum absolute atomic E-state index is 0.00235. The van der Waals surface area contributed by atoms with E-state index in [0.717, 1.165) is 13.8 Å². The summed E-state index contributed by atoms with van der Waals surface area (Å²) in [4.78, 5) is 78.5. The summed E-state index contributed by atoms with van der Waals surface area (Å²) in [6.07, 6.45) is 0. The molecule has 0 saturated heterocycles. The Morgan fingerprint density at radius 2 is 1.00 bits per heavy atom. The van der Waals surface area contributed by atoms with Crippen LogP contribution in [0.4, 0.5) is 34.1 Å². The van der Waals surface area contributed by atoms with Gasteiger partial charge in [-0.05, 0) is 98.3 Å². The molecular weight excluding hydrogens is 958 g/mol. The molecule has 0 saturated carbocycles. The van der Waals surface area contributed by atoms with Crippen LogP contribution in [0.15, 0.2) is 111 Å². The minimum Gasteiger partial charge on any atom is -0.496 e. The first-order valence-electron chi connectivity index (χ1n) is 19.4. The molecular formula is C45H39Cl5N8O8. The Labute approximate surface area is 403 Å². The van der Waals surface area contributed by atoms with Gasteiger partial charge in [-0.25, -0.2) is 0 Å². The number of hydrogen-bond acceptors (Lipinski definition) is 12. The number of carbonyl (C=O) groups is 6. The predicted molar refractivity (Wildman–Crippen MR) is 255 cm³/mol. The number of amides is 4. The lowest BCUT2D eigenvalue weighted by Gasteiger charge is -2.15. The van der Waals surface area contributed by atoms with Gasteiger partial charge in [0.15, 0.2) is 11.6 Å². The Morgan fingerprint density at radius 3 is 1.41 bits per heavy atom. The second kappa shape index (κ2) is 23.7. The summed E-state index contributed by atoms with van der Waals surface area (Å²) in [5.41, 5.74) is 2.94. The second-order valence-corrected chi connectivity index (χ2v) is 15.5. The van der Waals surface area contributed by atoms with Crippen LogP contribution in [0.3, 0.4) is 0 Å². The van der Waals surface area contributed by atoms with E-state index in [1.807, 2.05) is 0 Å². The van der Waals surface area contributed by atoms with Crippen molar-refractivity contribution < 1.29 is 38.2 Å². The van der Waals surface area contributed by atoms with E-state index in [9.17, 15) is 28.8 Å². The van der Waals surface area contributed by atoms with Crippen LogP contribution in [-0.2, 0) is 36.8 Å². The number of rotatable bonds is 19. The SMILES string of the molecule is COc1cccc(NC(=O)c2ccc(Cl)c(N=NC(C(C)=O)C(=O)Nc3ccc(NC(=O)C(N=Nc4cc(C(=O)Nc5cccc(OC)c5CCl)ccc4Cl)C(C)=O)c(CCl)c3)c2)c1CCl. The number of nitrogens with zero attached hydrogens (tertiary/aromatic N) is 4. The first kappa shape index (κ1) is 50.6. The topological polar surface area (TPSA) is 218 Å². The highest BCUT2D eigenvalue weighted by Crippen LogP contribution is 2.33. The van der Waals surface area contributed by atoms with E-state index in [2.05, 4.69) is 41.7 Å². The van der Waals surface area contributed by atoms with Crippen molar-refractivity contribution in [1.29, 1.82) is 0 Å². The molecule has 5 rings (SSSR count). The Hall–Kier alpha value is -6.43. The maximum atomic E-state index is 13.4. The summed E-state index contributed by atoms with van der Waals surface area (Å²) in [5.74, 6) is -3.16. The summed E-state index contributed by atoms with van der Waals surface area (Å²) in [6, 6.07) is 19.5. The molecule has 2 unspecified atom stereocenters. The predicted octanol–water partition coefficient (Wildman–Crippen LogP) is 11.1. The fourth-order valence-electron chi connectivity index (χ4n) is 6.07. The van der Waals surface area contributed by atoms with Gasteiger partial charge in [0.25, 0.3) is 23.6 Å². The zero-order valence-electron chi connectivity index (χ0n) is 35.4. The van der Waals surface area contributed by atoms with Crippen molar-refractivity contribution in [3.05, 3.63) is 129 Å². The molecule has 0 fully saturated rings. The number of hydrogen-bond donors (Lipinski definition) is 4. The summed E-state index contributed by atoms with van der Waals surface area (Å²) in [5, 5.41) is 26.9. The number of ether oxygens (including phenoxy) is 2. The molecule has 0 aromatic heterocycles. The van der Waals surface area contributed by atoms with Crippen LogP contribution in [0.1, 0.15) is 51.3 Å². The lowest BCUT2D eigenvalue weighted by molar-refractivity contribution is -0.127. The minimum atomic E-state index is -1.65. The summed E-state index contributed by atoms with van der Waals surface area (Å²) >= 11 is 31.1. The van der Waals surface area contributed by atoms with Crippen molar-refractivity contribution in [3.63, 3.8) is 0 Å². The third-order valence-corrected chi connectivity index (χ3v) is 11.0. The van der Waals surface area contributed by atoms with Crippen LogP contribution in [0.5, 0.6) is 11.5 Å². The normalized spacial score (nSPS) is 12.0. The maximum Gasteiger partial charge on any atom is 0.258 e. The third-order valence-electron chi connectivity index (χ3n) is 9.49. The fraction of sp³-hybridized carbons (Fsp3) is 0.200. The van der Waals surface area contributed by atoms with Crippen molar-refractivity contribution in [2.75, 3.05) is 35.5 Å². The van der Waals surface area contributed by atoms with Gasteiger partial charge in [-0.15, -0.1) is 34.8 Å². The highest BCUT2D eigenvalue weighted by atomic mass is 35.5. The number of alkyl halides is 3. The van der Waals surface area contributed by atoms with Gasteiger partial charge in [0.2, 0.25) is 12.1 Å². The van der Waals surface area contributed by atoms with Gasteiger partial charge in [0, 0.05) is 50.9 Å². The second-order valence-electron chi connectivity index (χ2n) is 13.9. The average molecular weight is 997 g/mol. The summed E-state index contributed by atoms with van der Waals surface area (Å²) in [6.45, 7) is 2.29. The van der Waals surface area contributed by atoms with Crippen LogP contribution >= 0.6 is 58.0 Å². The van der Waals surface area contributed by atoms with E-state index >= 15 is 0 Å². The summed E-state index contributed by atoms with van der Waals surface area (Å²) < 4.78 is 10.7. The van der Waals surface area contributed by atoms with Gasteiger partial charge in [-0.1, -0.05) is 35.3 Å². The molecule has 0 spiro atoms. The molecule has 0 aliphatic carbocycles. The smallest absolute Gasteiger partial charge is 0.258 e. The van der Waals surface area contributed by atoms with Crippen LogP contribution in [-0.4, -0.2) is 61.5 Å². The van der Waals surface area contributed by atoms with E-state index in [1.54, 1.807) is 36.4 Å².